The van der Waals surface area contributed by atoms with Crippen LogP contribution in [-0.4, -0.2) is 91.1 Å². The molecule has 80 heavy (non-hydrogen) atoms. The summed E-state index contributed by atoms with van der Waals surface area (Å²) in [7, 11) is 0. The van der Waals surface area contributed by atoms with Gasteiger partial charge < -0.3 is 40.1 Å². The van der Waals surface area contributed by atoms with E-state index in [0.29, 0.717) is 57.8 Å². The van der Waals surface area contributed by atoms with Crippen molar-refractivity contribution in [3.8, 4) is 0 Å². The molecule has 12 heteroatoms. The van der Waals surface area contributed by atoms with Crippen molar-refractivity contribution in [1.82, 2.24) is 0 Å². The first-order valence-corrected chi connectivity index (χ1v) is 32.8. The summed E-state index contributed by atoms with van der Waals surface area (Å²) in [5.74, 6) is 0.527. The third-order valence-corrected chi connectivity index (χ3v) is 28.5. The van der Waals surface area contributed by atoms with E-state index >= 15 is 9.59 Å². The van der Waals surface area contributed by atoms with E-state index in [1.54, 1.807) is 0 Å². The quantitative estimate of drug-likeness (QED) is 0.101. The summed E-state index contributed by atoms with van der Waals surface area (Å²) in [4.78, 5) is 53.9. The average Bonchev–Trinajstić information content (AvgIpc) is 3.92. The molecule has 0 aromatic heterocycles. The zero-order chi connectivity index (χ0) is 58.0. The molecule has 0 aromatic rings. The van der Waals surface area contributed by atoms with Gasteiger partial charge in [-0.1, -0.05) is 83.1 Å². The van der Waals surface area contributed by atoms with E-state index in [4.69, 9.17) is 9.47 Å². The summed E-state index contributed by atoms with van der Waals surface area (Å²) in [6.07, 6.45) is 12.2. The summed E-state index contributed by atoms with van der Waals surface area (Å²) in [5, 5.41) is 68.8. The number of carbonyl (C=O) groups excluding carboxylic acids is 2. The van der Waals surface area contributed by atoms with Gasteiger partial charge in [-0.3, -0.25) is 19.2 Å². The Kier molecular flexibility index (Phi) is 15.0. The molecule has 0 spiro atoms. The van der Waals surface area contributed by atoms with Crippen LogP contribution in [0.2, 0.25) is 0 Å². The molecule has 12 saturated carbocycles. The van der Waals surface area contributed by atoms with Crippen molar-refractivity contribution in [2.75, 3.05) is 0 Å². The van der Waals surface area contributed by atoms with E-state index in [0.717, 1.165) is 70.6 Å². The van der Waals surface area contributed by atoms with Crippen molar-refractivity contribution in [3.05, 3.63) is 0 Å². The Balaban J connectivity index is 0.790. The first-order valence-electron chi connectivity index (χ1n) is 32.8. The van der Waals surface area contributed by atoms with Crippen LogP contribution in [0.3, 0.4) is 0 Å². The molecule has 8 unspecified atom stereocenters. The standard InChI is InChI=1S/C68H108O12/c1-35(13-19-55(73)74)43-15-17-45-57-47(28-53(71)65(43,45)11)63(9)39(24-49(57)69)22-41(26-51(63)61(3,4)5)79-59(77)67-30-37-21-38(31-67)33-68(32-37,34-67)60(78)80-42-23-40-25-50(70)58-46-18-16-44(36(2)14-20-56(75)76)66(46,12)54(72)29-48(58)64(40,10)52(27-42)62(6,7)8/h35-54,57-58,69-72H,13-34H2,1-12H3,(H,73,74)(H,75,76)/t35-,36-,37?,38?,39+,40+,41+,42+,43-,44-,45?,46?,47?,48?,49-,50-,51?,52?,53+,54+,57?,58?,63+,64+,65-,66-,67?,68?/m1/s1. The third-order valence-electron chi connectivity index (χ3n) is 28.5. The van der Waals surface area contributed by atoms with E-state index < -0.39 is 47.2 Å². The van der Waals surface area contributed by atoms with E-state index in [9.17, 15) is 40.2 Å². The number of carboxylic acid groups (broad SMARTS) is 2. The lowest BCUT2D eigenvalue weighted by atomic mass is 9.39. The van der Waals surface area contributed by atoms with Crippen molar-refractivity contribution in [2.24, 2.45) is 138 Å². The zero-order valence-electron chi connectivity index (χ0n) is 51.4. The summed E-state index contributed by atoms with van der Waals surface area (Å²) in [6, 6.07) is 0. The fourth-order valence-electron chi connectivity index (χ4n) is 25.6. The van der Waals surface area contributed by atoms with Gasteiger partial charge in [-0.2, -0.15) is 0 Å². The molecule has 452 valence electrons. The normalized spacial score (nSPS) is 51.8. The highest BCUT2D eigenvalue weighted by Gasteiger charge is 2.72. The van der Waals surface area contributed by atoms with Crippen LogP contribution >= 0.6 is 0 Å². The average molecular weight is 1120 g/mol. The maximum atomic E-state index is 15.3. The SMILES string of the molecule is C[C@H](CCC(=O)O)[C@H]1CCC2C3C(C[C@H](O)[C@@]21C)[C@@]1(C)C(C(C)(C)C)C[C@@H](OC(=O)C24CC5CC(C2)CC(C(=O)O[C@@H]2CC(C(C)(C)C)[C@]6(C)C7C[C@H](O)[C@@]8(C)C(CC[C@@H]8[C@H](C)CCC(=O)O)C7[C@H](O)C[C@@H]6C2)(C5)C4)C[C@H]1C[C@H]3O. The second-order valence-corrected chi connectivity index (χ2v) is 34.1. The number of hydrogen-bond donors (Lipinski definition) is 6. The van der Waals surface area contributed by atoms with Crippen LogP contribution in [0.1, 0.15) is 224 Å². The number of esters is 2. The minimum atomic E-state index is -0.782. The van der Waals surface area contributed by atoms with E-state index in [2.05, 4.69) is 83.1 Å². The molecule has 0 aromatic carbocycles. The van der Waals surface area contributed by atoms with Gasteiger partial charge in [0, 0.05) is 12.8 Å². The molecule has 0 saturated heterocycles. The maximum Gasteiger partial charge on any atom is 0.312 e. The molecule has 0 heterocycles. The molecule has 12 rings (SSSR count). The van der Waals surface area contributed by atoms with Gasteiger partial charge in [-0.25, -0.2) is 0 Å². The summed E-state index contributed by atoms with van der Waals surface area (Å²) in [6.45, 7) is 27.6. The number of hydrogen-bond acceptors (Lipinski definition) is 10. The van der Waals surface area contributed by atoms with Crippen LogP contribution in [0.15, 0.2) is 0 Å². The number of aliphatic hydroxyl groups is 4. The minimum Gasteiger partial charge on any atom is -0.481 e. The Morgan fingerprint density at radius 2 is 0.850 bits per heavy atom. The van der Waals surface area contributed by atoms with Gasteiger partial charge in [0.05, 0.1) is 35.2 Å². The van der Waals surface area contributed by atoms with Crippen LogP contribution < -0.4 is 0 Å². The highest BCUT2D eigenvalue weighted by atomic mass is 16.6. The summed E-state index contributed by atoms with van der Waals surface area (Å²) < 4.78 is 13.9. The molecule has 12 fully saturated rings. The molecule has 4 bridgehead atoms. The van der Waals surface area contributed by atoms with Crippen molar-refractivity contribution in [1.29, 1.82) is 0 Å². The van der Waals surface area contributed by atoms with Crippen molar-refractivity contribution >= 4 is 23.9 Å². The first kappa shape index (κ1) is 59.5. The number of fused-ring (bicyclic) bond motifs is 10. The second kappa shape index (κ2) is 20.2. The lowest BCUT2D eigenvalue weighted by molar-refractivity contribution is -0.241. The minimum absolute atomic E-state index is 0.0457. The van der Waals surface area contributed by atoms with Crippen molar-refractivity contribution in [2.45, 2.75) is 261 Å². The van der Waals surface area contributed by atoms with Gasteiger partial charge in [0.25, 0.3) is 0 Å². The smallest absolute Gasteiger partial charge is 0.312 e. The maximum absolute atomic E-state index is 15.3. The zero-order valence-corrected chi connectivity index (χ0v) is 51.4. The molecule has 12 aliphatic carbocycles. The number of carbonyl (C=O) groups is 4. The summed E-state index contributed by atoms with van der Waals surface area (Å²) in [5.41, 5.74) is -2.95. The van der Waals surface area contributed by atoms with Gasteiger partial charge in [-0.05, 0) is 256 Å². The van der Waals surface area contributed by atoms with E-state index in [1.807, 2.05) is 0 Å². The fraction of sp³-hybridized carbons (Fsp3) is 0.941. The predicted molar refractivity (Wildman–Crippen MR) is 304 cm³/mol. The van der Waals surface area contributed by atoms with Gasteiger partial charge in [0.15, 0.2) is 0 Å². The van der Waals surface area contributed by atoms with E-state index in [-0.39, 0.29) is 164 Å². The molecule has 6 N–H and O–H groups in total. The van der Waals surface area contributed by atoms with Crippen LogP contribution in [0.25, 0.3) is 0 Å². The third kappa shape index (κ3) is 9.08. The lowest BCUT2D eigenvalue weighted by Crippen LogP contribution is -2.66. The van der Waals surface area contributed by atoms with Gasteiger partial charge in [0.2, 0.25) is 0 Å². The Bertz CT molecular complexity index is 2220. The van der Waals surface area contributed by atoms with Crippen LogP contribution in [-0.2, 0) is 28.7 Å². The summed E-state index contributed by atoms with van der Waals surface area (Å²) >= 11 is 0. The number of carboxylic acids is 2. The van der Waals surface area contributed by atoms with E-state index in [1.165, 1.54) is 0 Å². The Labute approximate surface area is 480 Å². The van der Waals surface area contributed by atoms with Crippen LogP contribution in [0.4, 0.5) is 0 Å². The molecule has 0 radical (unpaired) electrons. The van der Waals surface area contributed by atoms with Gasteiger partial charge in [0.1, 0.15) is 12.2 Å². The van der Waals surface area contributed by atoms with Gasteiger partial charge in [-0.15, -0.1) is 0 Å². The number of rotatable bonds is 12. The predicted octanol–water partition coefficient (Wildman–Crippen LogP) is 12.1. The van der Waals surface area contributed by atoms with Crippen LogP contribution in [0, 0.1) is 138 Å². The topological polar surface area (TPSA) is 208 Å². The fourth-order valence-corrected chi connectivity index (χ4v) is 25.6. The lowest BCUT2D eigenvalue weighted by Gasteiger charge is -2.67. The Hall–Kier alpha value is -2.28. The largest absolute Gasteiger partial charge is 0.481 e. The molecule has 12 nitrogen and oxygen atoms in total. The monoisotopic (exact) mass is 1120 g/mol. The van der Waals surface area contributed by atoms with Crippen molar-refractivity contribution < 1.29 is 59.3 Å². The highest BCUT2D eigenvalue weighted by molar-refractivity contribution is 5.83. The number of ether oxygens (including phenoxy) is 2. The van der Waals surface area contributed by atoms with Crippen LogP contribution in [0.5, 0.6) is 0 Å². The van der Waals surface area contributed by atoms with Gasteiger partial charge >= 0.3 is 23.9 Å². The molecule has 24 atom stereocenters. The molecular weight excluding hydrogens is 1010 g/mol. The van der Waals surface area contributed by atoms with Crippen molar-refractivity contribution in [3.63, 3.8) is 0 Å². The Morgan fingerprint density at radius 1 is 0.487 bits per heavy atom. The highest BCUT2D eigenvalue weighted by Crippen LogP contribution is 2.74. The second-order valence-electron chi connectivity index (χ2n) is 34.1. The number of aliphatic carboxylic acids is 2. The first-order chi connectivity index (χ1) is 37.2. The Morgan fingerprint density at radius 3 is 1.19 bits per heavy atom. The molecule has 0 amide bonds. The molecule has 12 aliphatic rings. The number of aliphatic hydroxyl groups excluding tert-OH is 4. The molecule has 0 aliphatic heterocycles. The molecular formula is C68H108O12.